The quantitative estimate of drug-likeness (QED) is 0.669. The van der Waals surface area contributed by atoms with Gasteiger partial charge in [-0.25, -0.2) is 4.98 Å². The van der Waals surface area contributed by atoms with Crippen molar-refractivity contribution in [1.29, 1.82) is 0 Å². The van der Waals surface area contributed by atoms with E-state index in [2.05, 4.69) is 11.9 Å². The molecule has 1 heterocycles. The minimum atomic E-state index is 0.391. The van der Waals surface area contributed by atoms with E-state index in [0.717, 1.165) is 0 Å². The van der Waals surface area contributed by atoms with Gasteiger partial charge >= 0.3 is 0 Å². The molecule has 1 aliphatic rings. The van der Waals surface area contributed by atoms with E-state index < -0.39 is 0 Å². The van der Waals surface area contributed by atoms with Gasteiger partial charge in [0.1, 0.15) is 10.8 Å². The van der Waals surface area contributed by atoms with Gasteiger partial charge in [-0.3, -0.25) is 0 Å². The van der Waals surface area contributed by atoms with Gasteiger partial charge < -0.3 is 5.73 Å². The minimum absolute atomic E-state index is 0.391. The Morgan fingerprint density at radius 2 is 2.40 bits per heavy atom. The highest BCUT2D eigenvalue weighted by molar-refractivity contribution is 7.10. The molecule has 0 radical (unpaired) electrons. The second-order valence-electron chi connectivity index (χ2n) is 3.14. The van der Waals surface area contributed by atoms with Crippen LogP contribution in [0, 0.1) is 0 Å². The third-order valence-corrected chi connectivity index (χ3v) is 3.20. The Balaban J connectivity index is 2.34. The maximum atomic E-state index is 5.50. The summed E-state index contributed by atoms with van der Waals surface area (Å²) >= 11 is 1.68. The minimum Gasteiger partial charge on any atom is -0.383 e. The maximum absolute atomic E-state index is 5.50. The van der Waals surface area contributed by atoms with Crippen molar-refractivity contribution in [2.45, 2.75) is 25.2 Å². The molecule has 2 rings (SSSR count). The molecule has 54 valence electrons. The van der Waals surface area contributed by atoms with Crippen molar-refractivity contribution in [2.24, 2.45) is 0 Å². The number of nitrogens with zero attached hydrogens (tertiary/aromatic N) is 1. The molecule has 0 spiro atoms. The van der Waals surface area contributed by atoms with Crippen LogP contribution >= 0.6 is 11.3 Å². The van der Waals surface area contributed by atoms with Crippen LogP contribution in [-0.2, 0) is 5.41 Å². The zero-order chi connectivity index (χ0) is 7.19. The summed E-state index contributed by atoms with van der Waals surface area (Å²) in [7, 11) is 0. The number of nitrogen functional groups attached to an aromatic ring is 1. The Bertz CT molecular complexity index is 250. The second kappa shape index (κ2) is 1.72. The monoisotopic (exact) mass is 154 g/mol. The summed E-state index contributed by atoms with van der Waals surface area (Å²) in [6.07, 6.45) is 2.56. The highest BCUT2D eigenvalue weighted by Gasteiger charge is 2.41. The number of thiazole rings is 1. The Morgan fingerprint density at radius 1 is 1.70 bits per heavy atom. The van der Waals surface area contributed by atoms with Gasteiger partial charge in [0.05, 0.1) is 0 Å². The lowest BCUT2D eigenvalue weighted by Crippen LogP contribution is -1.98. The van der Waals surface area contributed by atoms with Crippen molar-refractivity contribution in [2.75, 3.05) is 5.73 Å². The first-order chi connectivity index (χ1) is 4.71. The lowest BCUT2D eigenvalue weighted by atomic mass is 10.2. The Labute approximate surface area is 64.1 Å². The highest BCUT2D eigenvalue weighted by Crippen LogP contribution is 2.48. The summed E-state index contributed by atoms with van der Waals surface area (Å²) in [6, 6.07) is 0. The Hall–Kier alpha value is -0.570. The molecule has 2 N–H and O–H groups in total. The van der Waals surface area contributed by atoms with Crippen LogP contribution in [0.3, 0.4) is 0 Å². The van der Waals surface area contributed by atoms with Crippen molar-refractivity contribution < 1.29 is 0 Å². The molecule has 1 saturated carbocycles. The van der Waals surface area contributed by atoms with Gasteiger partial charge in [-0.15, -0.1) is 11.3 Å². The van der Waals surface area contributed by atoms with E-state index in [-0.39, 0.29) is 0 Å². The molecule has 0 aliphatic heterocycles. The van der Waals surface area contributed by atoms with Crippen molar-refractivity contribution in [3.8, 4) is 0 Å². The van der Waals surface area contributed by atoms with Gasteiger partial charge in [-0.1, -0.05) is 6.92 Å². The molecule has 10 heavy (non-hydrogen) atoms. The predicted molar refractivity (Wildman–Crippen MR) is 43.1 cm³/mol. The first-order valence-electron chi connectivity index (χ1n) is 3.42. The molecule has 0 aromatic carbocycles. The number of rotatable bonds is 1. The fourth-order valence-corrected chi connectivity index (χ4v) is 1.90. The first kappa shape index (κ1) is 6.16. The lowest BCUT2D eigenvalue weighted by molar-refractivity contribution is 0.778. The van der Waals surface area contributed by atoms with E-state index in [1.807, 2.05) is 5.38 Å². The van der Waals surface area contributed by atoms with Gasteiger partial charge in [-0.2, -0.15) is 0 Å². The molecular weight excluding hydrogens is 144 g/mol. The van der Waals surface area contributed by atoms with Crippen LogP contribution in [0.25, 0.3) is 0 Å². The number of hydrogen-bond acceptors (Lipinski definition) is 3. The average Bonchev–Trinajstić information content (AvgIpc) is 2.45. The second-order valence-corrected chi connectivity index (χ2v) is 4.00. The van der Waals surface area contributed by atoms with Crippen molar-refractivity contribution >= 4 is 17.2 Å². The van der Waals surface area contributed by atoms with Crippen LogP contribution in [0.2, 0.25) is 0 Å². The third-order valence-electron chi connectivity index (χ3n) is 2.04. The molecule has 0 atom stereocenters. The standard InChI is InChI=1S/C7H10N2S/c1-7(2-3-7)6-9-5(8)4-10-6/h4H,2-3,8H2,1H3. The van der Waals surface area contributed by atoms with Crippen molar-refractivity contribution in [3.63, 3.8) is 0 Å². The molecule has 0 bridgehead atoms. The van der Waals surface area contributed by atoms with Crippen LogP contribution < -0.4 is 5.73 Å². The summed E-state index contributed by atoms with van der Waals surface area (Å²) in [6.45, 7) is 2.24. The summed E-state index contributed by atoms with van der Waals surface area (Å²) in [4.78, 5) is 4.24. The van der Waals surface area contributed by atoms with E-state index >= 15 is 0 Å². The molecule has 2 nitrogen and oxygen atoms in total. The molecule has 1 fully saturated rings. The molecule has 1 aromatic rings. The summed E-state index contributed by atoms with van der Waals surface area (Å²) in [5.74, 6) is 0.674. The van der Waals surface area contributed by atoms with Gasteiger partial charge in [0.25, 0.3) is 0 Å². The van der Waals surface area contributed by atoms with Gasteiger partial charge in [0, 0.05) is 10.8 Å². The summed E-state index contributed by atoms with van der Waals surface area (Å²) < 4.78 is 0. The fourth-order valence-electron chi connectivity index (χ4n) is 0.965. The Morgan fingerprint density at radius 3 is 2.80 bits per heavy atom. The molecule has 1 aliphatic carbocycles. The van der Waals surface area contributed by atoms with Crippen LogP contribution in [0.15, 0.2) is 5.38 Å². The zero-order valence-corrected chi connectivity index (χ0v) is 6.74. The van der Waals surface area contributed by atoms with E-state index in [9.17, 15) is 0 Å². The van der Waals surface area contributed by atoms with E-state index in [4.69, 9.17) is 5.73 Å². The predicted octanol–water partition coefficient (Wildman–Crippen LogP) is 1.78. The molecule has 1 aromatic heterocycles. The van der Waals surface area contributed by atoms with E-state index in [1.54, 1.807) is 11.3 Å². The largest absolute Gasteiger partial charge is 0.383 e. The molecule has 0 amide bonds. The third kappa shape index (κ3) is 0.814. The van der Waals surface area contributed by atoms with Crippen LogP contribution in [-0.4, -0.2) is 4.98 Å². The van der Waals surface area contributed by atoms with E-state index in [1.165, 1.54) is 17.8 Å². The molecule has 0 saturated heterocycles. The maximum Gasteiger partial charge on any atom is 0.134 e. The van der Waals surface area contributed by atoms with Gasteiger partial charge in [-0.05, 0) is 12.8 Å². The first-order valence-corrected chi connectivity index (χ1v) is 4.30. The van der Waals surface area contributed by atoms with Crippen molar-refractivity contribution in [1.82, 2.24) is 4.98 Å². The number of anilines is 1. The lowest BCUT2D eigenvalue weighted by Gasteiger charge is -1.99. The number of aromatic nitrogens is 1. The average molecular weight is 154 g/mol. The smallest absolute Gasteiger partial charge is 0.134 e. The topological polar surface area (TPSA) is 38.9 Å². The van der Waals surface area contributed by atoms with Crippen LogP contribution in [0.5, 0.6) is 0 Å². The van der Waals surface area contributed by atoms with Gasteiger partial charge in [0.15, 0.2) is 0 Å². The molecule has 3 heteroatoms. The summed E-state index contributed by atoms with van der Waals surface area (Å²) in [5.41, 5.74) is 5.89. The van der Waals surface area contributed by atoms with E-state index in [0.29, 0.717) is 11.2 Å². The number of hydrogen-bond donors (Lipinski definition) is 1. The zero-order valence-electron chi connectivity index (χ0n) is 5.92. The SMILES string of the molecule is CC1(c2nc(N)cs2)CC1. The molecule has 0 unspecified atom stereocenters. The summed E-state index contributed by atoms with van der Waals surface area (Å²) in [5, 5.41) is 3.13. The number of nitrogens with two attached hydrogens (primary N) is 1. The normalized spacial score (nSPS) is 20.9. The molecular formula is C7H10N2S. The van der Waals surface area contributed by atoms with Crippen molar-refractivity contribution in [3.05, 3.63) is 10.4 Å². The highest BCUT2D eigenvalue weighted by atomic mass is 32.1. The van der Waals surface area contributed by atoms with Crippen LogP contribution in [0.4, 0.5) is 5.82 Å². The van der Waals surface area contributed by atoms with Crippen LogP contribution in [0.1, 0.15) is 24.8 Å². The Kier molecular flexibility index (Phi) is 1.06. The van der Waals surface area contributed by atoms with Gasteiger partial charge in [0.2, 0.25) is 0 Å². The fraction of sp³-hybridized carbons (Fsp3) is 0.571.